The highest BCUT2D eigenvalue weighted by molar-refractivity contribution is 9.10. The third kappa shape index (κ3) is 2.81. The average Bonchev–Trinajstić information content (AvgIpc) is 2.39. The number of carbonyl (C=O) groups is 1. The van der Waals surface area contributed by atoms with Gasteiger partial charge in [-0.2, -0.15) is 0 Å². The van der Waals surface area contributed by atoms with E-state index in [0.29, 0.717) is 11.1 Å². The van der Waals surface area contributed by atoms with Crippen molar-refractivity contribution in [1.29, 1.82) is 0 Å². The van der Waals surface area contributed by atoms with Gasteiger partial charge in [-0.25, -0.2) is 0 Å². The Hall–Kier alpha value is -1.45. The Bertz CT molecular complexity index is 506. The van der Waals surface area contributed by atoms with Crippen molar-refractivity contribution in [2.24, 2.45) is 0 Å². The Morgan fingerprint density at radius 1 is 1.00 bits per heavy atom. The van der Waals surface area contributed by atoms with Gasteiger partial charge >= 0.3 is 0 Å². The third-order valence-corrected chi connectivity index (χ3v) is 3.02. The van der Waals surface area contributed by atoms with Crippen molar-refractivity contribution in [2.75, 3.05) is 0 Å². The van der Waals surface area contributed by atoms with Crippen molar-refractivity contribution in [3.8, 4) is 0 Å². The highest BCUT2D eigenvalue weighted by atomic mass is 79.9. The molecule has 86 valence electrons. The largest absolute Gasteiger partial charge is 0.380 e. The van der Waals surface area contributed by atoms with E-state index in [1.54, 1.807) is 48.5 Å². The standard InChI is InChI=1S/C14H11BrO2/c15-12-8-6-11(7-9-12)14(17)13(16)10-4-2-1-3-5-10/h1-9,14,17H. The lowest BCUT2D eigenvalue weighted by molar-refractivity contribution is 0.0747. The molecular formula is C14H11BrO2. The number of rotatable bonds is 3. The molecule has 0 fully saturated rings. The molecular weight excluding hydrogens is 280 g/mol. The number of Topliss-reactive ketones (excluding diaryl/α,β-unsaturated/α-hetero) is 1. The molecule has 0 saturated heterocycles. The van der Waals surface area contributed by atoms with Crippen LogP contribution >= 0.6 is 15.9 Å². The van der Waals surface area contributed by atoms with Crippen LogP contribution in [-0.4, -0.2) is 10.9 Å². The third-order valence-electron chi connectivity index (χ3n) is 2.49. The van der Waals surface area contributed by atoms with Crippen molar-refractivity contribution in [3.63, 3.8) is 0 Å². The van der Waals surface area contributed by atoms with Crippen LogP contribution in [0.4, 0.5) is 0 Å². The fourth-order valence-electron chi connectivity index (χ4n) is 1.56. The summed E-state index contributed by atoms with van der Waals surface area (Å²) in [4.78, 5) is 12.0. The van der Waals surface area contributed by atoms with Crippen LogP contribution in [0.1, 0.15) is 22.0 Å². The van der Waals surface area contributed by atoms with E-state index in [9.17, 15) is 9.90 Å². The zero-order valence-electron chi connectivity index (χ0n) is 9.01. The number of halogens is 1. The fourth-order valence-corrected chi connectivity index (χ4v) is 1.82. The molecule has 1 atom stereocenters. The molecule has 2 aromatic rings. The fraction of sp³-hybridized carbons (Fsp3) is 0.0714. The normalized spacial score (nSPS) is 12.1. The number of ketones is 1. The van der Waals surface area contributed by atoms with Gasteiger partial charge in [0.15, 0.2) is 5.78 Å². The molecule has 0 amide bonds. The Morgan fingerprint density at radius 3 is 2.18 bits per heavy atom. The highest BCUT2D eigenvalue weighted by Gasteiger charge is 2.18. The van der Waals surface area contributed by atoms with Gasteiger partial charge in [0.2, 0.25) is 0 Å². The first-order valence-electron chi connectivity index (χ1n) is 5.21. The van der Waals surface area contributed by atoms with Gasteiger partial charge in [-0.3, -0.25) is 4.79 Å². The van der Waals surface area contributed by atoms with E-state index < -0.39 is 6.10 Å². The summed E-state index contributed by atoms with van der Waals surface area (Å²) in [6.45, 7) is 0. The smallest absolute Gasteiger partial charge is 0.195 e. The number of aliphatic hydroxyl groups is 1. The first-order chi connectivity index (χ1) is 8.18. The van der Waals surface area contributed by atoms with E-state index in [2.05, 4.69) is 15.9 Å². The minimum Gasteiger partial charge on any atom is -0.380 e. The van der Waals surface area contributed by atoms with Gasteiger partial charge in [0.05, 0.1) is 0 Å². The lowest BCUT2D eigenvalue weighted by Gasteiger charge is -2.09. The number of carbonyl (C=O) groups excluding carboxylic acids is 1. The van der Waals surface area contributed by atoms with Crippen molar-refractivity contribution in [2.45, 2.75) is 6.10 Å². The molecule has 2 aromatic carbocycles. The summed E-state index contributed by atoms with van der Waals surface area (Å²) in [5, 5.41) is 9.97. The summed E-state index contributed by atoms with van der Waals surface area (Å²) < 4.78 is 0.917. The van der Waals surface area contributed by atoms with Gasteiger partial charge in [-0.15, -0.1) is 0 Å². The number of hydrogen-bond donors (Lipinski definition) is 1. The van der Waals surface area contributed by atoms with E-state index in [4.69, 9.17) is 0 Å². The van der Waals surface area contributed by atoms with E-state index in [1.165, 1.54) is 0 Å². The first kappa shape index (κ1) is 12.0. The lowest BCUT2D eigenvalue weighted by Crippen LogP contribution is -2.11. The second kappa shape index (κ2) is 5.25. The van der Waals surface area contributed by atoms with Crippen molar-refractivity contribution in [1.82, 2.24) is 0 Å². The van der Waals surface area contributed by atoms with Crippen LogP contribution in [0.15, 0.2) is 59.1 Å². The summed E-state index contributed by atoms with van der Waals surface area (Å²) in [5.74, 6) is -0.284. The lowest BCUT2D eigenvalue weighted by atomic mass is 10.0. The van der Waals surface area contributed by atoms with Crippen LogP contribution in [0.25, 0.3) is 0 Å². The minimum atomic E-state index is -1.11. The molecule has 0 bridgehead atoms. The van der Waals surface area contributed by atoms with Crippen LogP contribution in [-0.2, 0) is 0 Å². The van der Waals surface area contributed by atoms with E-state index in [1.807, 2.05) is 6.07 Å². The maximum atomic E-state index is 12.0. The van der Waals surface area contributed by atoms with Crippen LogP contribution in [0, 0.1) is 0 Å². The maximum Gasteiger partial charge on any atom is 0.195 e. The first-order valence-corrected chi connectivity index (χ1v) is 6.00. The monoisotopic (exact) mass is 290 g/mol. The molecule has 0 aliphatic rings. The van der Waals surface area contributed by atoms with Crippen LogP contribution in [0.5, 0.6) is 0 Å². The molecule has 0 aromatic heterocycles. The van der Waals surface area contributed by atoms with E-state index in [-0.39, 0.29) is 5.78 Å². The zero-order valence-corrected chi connectivity index (χ0v) is 10.6. The molecule has 17 heavy (non-hydrogen) atoms. The molecule has 0 spiro atoms. The predicted octanol–water partition coefficient (Wildman–Crippen LogP) is 3.37. The summed E-state index contributed by atoms with van der Waals surface area (Å²) in [6, 6.07) is 15.9. The van der Waals surface area contributed by atoms with Gasteiger partial charge < -0.3 is 5.11 Å². The Kier molecular flexibility index (Phi) is 3.71. The molecule has 0 radical (unpaired) electrons. The van der Waals surface area contributed by atoms with Crippen molar-refractivity contribution < 1.29 is 9.90 Å². The summed E-state index contributed by atoms with van der Waals surface area (Å²) in [7, 11) is 0. The molecule has 1 N–H and O–H groups in total. The SMILES string of the molecule is O=C(c1ccccc1)C(O)c1ccc(Br)cc1. The molecule has 2 nitrogen and oxygen atoms in total. The summed E-state index contributed by atoms with van der Waals surface area (Å²) in [6.07, 6.45) is -1.11. The quantitative estimate of drug-likeness (QED) is 0.880. The van der Waals surface area contributed by atoms with Gasteiger partial charge in [0, 0.05) is 10.0 Å². The number of hydrogen-bond acceptors (Lipinski definition) is 2. The Labute approximate surface area is 108 Å². The van der Waals surface area contributed by atoms with Crippen LogP contribution < -0.4 is 0 Å². The molecule has 0 heterocycles. The van der Waals surface area contributed by atoms with Crippen LogP contribution in [0.2, 0.25) is 0 Å². The van der Waals surface area contributed by atoms with E-state index >= 15 is 0 Å². The molecule has 0 aliphatic heterocycles. The number of aliphatic hydroxyl groups excluding tert-OH is 1. The molecule has 1 unspecified atom stereocenters. The number of benzene rings is 2. The topological polar surface area (TPSA) is 37.3 Å². The highest BCUT2D eigenvalue weighted by Crippen LogP contribution is 2.20. The summed E-state index contributed by atoms with van der Waals surface area (Å²) >= 11 is 3.31. The van der Waals surface area contributed by atoms with Gasteiger partial charge in [0.25, 0.3) is 0 Å². The van der Waals surface area contributed by atoms with Gasteiger partial charge in [-0.1, -0.05) is 58.4 Å². The molecule has 3 heteroatoms. The zero-order chi connectivity index (χ0) is 12.3. The van der Waals surface area contributed by atoms with Gasteiger partial charge in [-0.05, 0) is 17.7 Å². The molecule has 2 rings (SSSR count). The molecule has 0 aliphatic carbocycles. The molecule has 0 saturated carbocycles. The van der Waals surface area contributed by atoms with Gasteiger partial charge in [0.1, 0.15) is 6.10 Å². The Balaban J connectivity index is 2.23. The van der Waals surface area contributed by atoms with Crippen molar-refractivity contribution >= 4 is 21.7 Å². The maximum absolute atomic E-state index is 12.0. The Morgan fingerprint density at radius 2 is 1.59 bits per heavy atom. The second-order valence-electron chi connectivity index (χ2n) is 3.68. The summed E-state index contributed by atoms with van der Waals surface area (Å²) in [5.41, 5.74) is 1.12. The van der Waals surface area contributed by atoms with Crippen molar-refractivity contribution in [3.05, 3.63) is 70.2 Å². The minimum absolute atomic E-state index is 0.284. The predicted molar refractivity (Wildman–Crippen MR) is 69.9 cm³/mol. The van der Waals surface area contributed by atoms with Crippen LogP contribution in [0.3, 0.4) is 0 Å². The van der Waals surface area contributed by atoms with E-state index in [0.717, 1.165) is 4.47 Å². The average molecular weight is 291 g/mol. The second-order valence-corrected chi connectivity index (χ2v) is 4.60.